The van der Waals surface area contributed by atoms with Gasteiger partial charge in [-0.2, -0.15) is 0 Å². The van der Waals surface area contributed by atoms with Gasteiger partial charge in [0.05, 0.1) is 7.11 Å². The fraction of sp³-hybridized carbons (Fsp3) is 0.667. The Bertz CT molecular complexity index is 410. The van der Waals surface area contributed by atoms with Crippen LogP contribution in [0.1, 0.15) is 62.1 Å². The van der Waals surface area contributed by atoms with Gasteiger partial charge in [-0.05, 0) is 49.9 Å². The van der Waals surface area contributed by atoms with Crippen molar-refractivity contribution in [2.45, 2.75) is 57.9 Å². The van der Waals surface area contributed by atoms with Crippen LogP contribution in [0.3, 0.4) is 0 Å². The van der Waals surface area contributed by atoms with Crippen molar-refractivity contribution in [2.75, 3.05) is 14.2 Å². The van der Waals surface area contributed by atoms with Crippen molar-refractivity contribution >= 4 is 0 Å². The van der Waals surface area contributed by atoms with Gasteiger partial charge in [-0.1, -0.05) is 44.2 Å². The van der Waals surface area contributed by atoms with Crippen LogP contribution in [0, 0.1) is 12.8 Å². The van der Waals surface area contributed by atoms with Crippen LogP contribution < -0.4 is 10.1 Å². The summed E-state index contributed by atoms with van der Waals surface area (Å²) in [4.78, 5) is 0. The quantitative estimate of drug-likeness (QED) is 0.817. The van der Waals surface area contributed by atoms with Crippen molar-refractivity contribution in [1.29, 1.82) is 0 Å². The van der Waals surface area contributed by atoms with Crippen LogP contribution in [0.2, 0.25) is 0 Å². The SMILES string of the molecule is CNC(CCC1CCCCC1)c1ccc(OC)c(C)c1. The molecule has 1 aromatic rings. The molecule has 0 bridgehead atoms. The van der Waals surface area contributed by atoms with Crippen molar-refractivity contribution in [1.82, 2.24) is 5.32 Å². The minimum Gasteiger partial charge on any atom is -0.496 e. The number of rotatable bonds is 6. The summed E-state index contributed by atoms with van der Waals surface area (Å²) in [6, 6.07) is 7.03. The van der Waals surface area contributed by atoms with Crippen LogP contribution in [0.25, 0.3) is 0 Å². The van der Waals surface area contributed by atoms with Gasteiger partial charge in [0.1, 0.15) is 5.75 Å². The molecule has 0 saturated heterocycles. The van der Waals surface area contributed by atoms with E-state index in [0.717, 1.165) is 11.7 Å². The Hall–Kier alpha value is -1.02. The first-order chi connectivity index (χ1) is 9.74. The van der Waals surface area contributed by atoms with Crippen LogP contribution in [-0.4, -0.2) is 14.2 Å². The summed E-state index contributed by atoms with van der Waals surface area (Å²) >= 11 is 0. The van der Waals surface area contributed by atoms with Crippen molar-refractivity contribution in [3.8, 4) is 5.75 Å². The highest BCUT2D eigenvalue weighted by Gasteiger charge is 2.17. The van der Waals surface area contributed by atoms with Gasteiger partial charge in [0.15, 0.2) is 0 Å². The van der Waals surface area contributed by atoms with Crippen molar-refractivity contribution in [3.05, 3.63) is 29.3 Å². The Morgan fingerprint density at radius 2 is 2.00 bits per heavy atom. The molecule has 1 saturated carbocycles. The van der Waals surface area contributed by atoms with Gasteiger partial charge in [-0.15, -0.1) is 0 Å². The molecule has 1 aliphatic carbocycles. The molecule has 1 unspecified atom stereocenters. The van der Waals surface area contributed by atoms with Crippen molar-refractivity contribution in [3.63, 3.8) is 0 Å². The second-order valence-corrected chi connectivity index (χ2v) is 6.15. The molecule has 1 aliphatic rings. The van der Waals surface area contributed by atoms with Gasteiger partial charge in [0.25, 0.3) is 0 Å². The monoisotopic (exact) mass is 275 g/mol. The zero-order chi connectivity index (χ0) is 14.4. The average Bonchev–Trinajstić information content (AvgIpc) is 2.49. The van der Waals surface area contributed by atoms with Crippen molar-refractivity contribution in [2.24, 2.45) is 5.92 Å². The van der Waals surface area contributed by atoms with E-state index < -0.39 is 0 Å². The predicted octanol–water partition coefficient (Wildman–Crippen LogP) is 4.62. The molecular weight excluding hydrogens is 246 g/mol. The molecule has 1 atom stereocenters. The third-order valence-corrected chi connectivity index (χ3v) is 4.76. The number of ether oxygens (including phenoxy) is 1. The Morgan fingerprint density at radius 1 is 1.25 bits per heavy atom. The number of benzene rings is 1. The van der Waals surface area contributed by atoms with Crippen LogP contribution in [0.15, 0.2) is 18.2 Å². The molecule has 2 heteroatoms. The Morgan fingerprint density at radius 3 is 2.60 bits per heavy atom. The highest BCUT2D eigenvalue weighted by molar-refractivity contribution is 5.37. The van der Waals surface area contributed by atoms with E-state index in [0.29, 0.717) is 6.04 Å². The van der Waals surface area contributed by atoms with Crippen molar-refractivity contribution < 1.29 is 4.74 Å². The van der Waals surface area contributed by atoms with E-state index in [1.165, 1.54) is 56.1 Å². The number of nitrogens with one attached hydrogen (secondary N) is 1. The highest BCUT2D eigenvalue weighted by Crippen LogP contribution is 2.31. The van der Waals surface area contributed by atoms with Gasteiger partial charge in [0, 0.05) is 6.04 Å². The highest BCUT2D eigenvalue weighted by atomic mass is 16.5. The molecule has 1 N–H and O–H groups in total. The van der Waals surface area contributed by atoms with E-state index in [-0.39, 0.29) is 0 Å². The largest absolute Gasteiger partial charge is 0.496 e. The van der Waals surface area contributed by atoms with E-state index >= 15 is 0 Å². The Labute approximate surface area is 123 Å². The van der Waals surface area contributed by atoms with Gasteiger partial charge in [-0.25, -0.2) is 0 Å². The summed E-state index contributed by atoms with van der Waals surface area (Å²) in [5.74, 6) is 1.94. The minimum absolute atomic E-state index is 0.474. The summed E-state index contributed by atoms with van der Waals surface area (Å²) in [5, 5.41) is 3.48. The van der Waals surface area contributed by atoms with Gasteiger partial charge < -0.3 is 10.1 Å². The standard InChI is InChI=1S/C18H29NO/c1-14-13-16(10-12-18(14)20-3)17(19-2)11-9-15-7-5-4-6-8-15/h10,12-13,15,17,19H,4-9,11H2,1-3H3. The maximum absolute atomic E-state index is 5.35. The first kappa shape index (κ1) is 15.4. The minimum atomic E-state index is 0.474. The number of hydrogen-bond donors (Lipinski definition) is 1. The summed E-state index contributed by atoms with van der Waals surface area (Å²) in [6.45, 7) is 2.12. The molecule has 1 fully saturated rings. The fourth-order valence-electron chi connectivity index (χ4n) is 3.47. The lowest BCUT2D eigenvalue weighted by molar-refractivity contribution is 0.317. The predicted molar refractivity (Wildman–Crippen MR) is 85.3 cm³/mol. The molecule has 0 spiro atoms. The molecular formula is C18H29NO. The van der Waals surface area contributed by atoms with Gasteiger partial charge in [0.2, 0.25) is 0 Å². The third-order valence-electron chi connectivity index (χ3n) is 4.76. The van der Waals surface area contributed by atoms with Crippen LogP contribution in [-0.2, 0) is 0 Å². The summed E-state index contributed by atoms with van der Waals surface area (Å²) in [6.07, 6.45) is 9.82. The lowest BCUT2D eigenvalue weighted by Crippen LogP contribution is -2.18. The van der Waals surface area contributed by atoms with Gasteiger partial charge >= 0.3 is 0 Å². The second-order valence-electron chi connectivity index (χ2n) is 6.15. The van der Waals surface area contributed by atoms with E-state index in [2.05, 4.69) is 37.5 Å². The van der Waals surface area contributed by atoms with Gasteiger partial charge in [-0.3, -0.25) is 0 Å². The third kappa shape index (κ3) is 3.99. The second kappa shape index (κ2) is 7.68. The summed E-state index contributed by atoms with van der Waals surface area (Å²) in [7, 11) is 3.81. The lowest BCUT2D eigenvalue weighted by atomic mass is 9.84. The maximum atomic E-state index is 5.35. The zero-order valence-corrected chi connectivity index (χ0v) is 13.2. The zero-order valence-electron chi connectivity index (χ0n) is 13.2. The number of methoxy groups -OCH3 is 1. The molecule has 112 valence electrons. The molecule has 0 radical (unpaired) electrons. The topological polar surface area (TPSA) is 21.3 Å². The Balaban J connectivity index is 1.94. The molecule has 0 aromatic heterocycles. The molecule has 0 heterocycles. The first-order valence-electron chi connectivity index (χ1n) is 8.06. The number of aryl methyl sites for hydroxylation is 1. The Kier molecular flexibility index (Phi) is 5.90. The average molecular weight is 275 g/mol. The summed E-state index contributed by atoms with van der Waals surface area (Å²) < 4.78 is 5.35. The van der Waals surface area contributed by atoms with Crippen LogP contribution in [0.5, 0.6) is 5.75 Å². The first-order valence-corrected chi connectivity index (χ1v) is 8.06. The molecule has 2 nitrogen and oxygen atoms in total. The van der Waals surface area contributed by atoms with E-state index in [9.17, 15) is 0 Å². The molecule has 1 aromatic carbocycles. The molecule has 0 aliphatic heterocycles. The summed E-state index contributed by atoms with van der Waals surface area (Å²) in [5.41, 5.74) is 2.62. The normalized spacial score (nSPS) is 17.9. The van der Waals surface area contributed by atoms with Crippen LogP contribution in [0.4, 0.5) is 0 Å². The van der Waals surface area contributed by atoms with E-state index in [1.807, 2.05) is 0 Å². The van der Waals surface area contributed by atoms with Crippen LogP contribution >= 0.6 is 0 Å². The number of hydrogen-bond acceptors (Lipinski definition) is 2. The lowest BCUT2D eigenvalue weighted by Gasteiger charge is -2.24. The van der Waals surface area contributed by atoms with E-state index in [4.69, 9.17) is 4.74 Å². The van der Waals surface area contributed by atoms with E-state index in [1.54, 1.807) is 7.11 Å². The molecule has 2 rings (SSSR count). The molecule has 0 amide bonds. The maximum Gasteiger partial charge on any atom is 0.121 e. The fourth-order valence-corrected chi connectivity index (χ4v) is 3.47. The molecule has 20 heavy (non-hydrogen) atoms. The smallest absolute Gasteiger partial charge is 0.121 e.